The predicted octanol–water partition coefficient (Wildman–Crippen LogP) is 2.41. The van der Waals surface area contributed by atoms with Gasteiger partial charge in [0.2, 0.25) is 0 Å². The summed E-state index contributed by atoms with van der Waals surface area (Å²) in [6.07, 6.45) is 5.89. The van der Waals surface area contributed by atoms with Gasteiger partial charge in [-0.05, 0) is 38.0 Å². The zero-order valence-electron chi connectivity index (χ0n) is 12.2. The Morgan fingerprint density at radius 3 is 3.05 bits per heavy atom. The van der Waals surface area contributed by atoms with Crippen LogP contribution in [0.4, 0.5) is 5.69 Å². The van der Waals surface area contributed by atoms with E-state index in [1.807, 2.05) is 36.8 Å². The van der Waals surface area contributed by atoms with Crippen molar-refractivity contribution < 1.29 is 4.79 Å². The zero-order chi connectivity index (χ0) is 14.7. The van der Waals surface area contributed by atoms with Crippen molar-refractivity contribution >= 4 is 11.6 Å². The summed E-state index contributed by atoms with van der Waals surface area (Å²) in [5.41, 5.74) is 2.78. The average molecular weight is 284 g/mol. The van der Waals surface area contributed by atoms with Crippen LogP contribution >= 0.6 is 0 Å². The number of carbonyl (C=O) groups excluding carboxylic acids is 1. The van der Waals surface area contributed by atoms with Crippen LogP contribution < -0.4 is 10.6 Å². The van der Waals surface area contributed by atoms with E-state index < -0.39 is 0 Å². The Balaban J connectivity index is 1.64. The molecule has 0 saturated heterocycles. The first kappa shape index (κ1) is 13.7. The van der Waals surface area contributed by atoms with E-state index in [0.717, 1.165) is 30.8 Å². The van der Waals surface area contributed by atoms with Gasteiger partial charge in [-0.15, -0.1) is 0 Å². The molecule has 0 bridgehead atoms. The van der Waals surface area contributed by atoms with Gasteiger partial charge in [-0.2, -0.15) is 0 Å². The van der Waals surface area contributed by atoms with Crippen LogP contribution in [0.3, 0.4) is 0 Å². The molecule has 0 atom stereocenters. The van der Waals surface area contributed by atoms with Crippen molar-refractivity contribution in [1.82, 2.24) is 14.9 Å². The van der Waals surface area contributed by atoms with E-state index in [1.165, 1.54) is 0 Å². The number of aromatic nitrogens is 2. The molecule has 0 radical (unpaired) electrons. The molecule has 0 unspecified atom stereocenters. The molecule has 21 heavy (non-hydrogen) atoms. The second kappa shape index (κ2) is 5.99. The first-order valence-electron chi connectivity index (χ1n) is 7.40. The minimum atomic E-state index is 0.0137. The zero-order valence-corrected chi connectivity index (χ0v) is 12.2. The smallest absolute Gasteiger partial charge is 0.251 e. The molecule has 1 aliphatic carbocycles. The molecule has 3 rings (SSSR count). The van der Waals surface area contributed by atoms with Crippen LogP contribution in [0.5, 0.6) is 0 Å². The van der Waals surface area contributed by atoms with E-state index in [1.54, 1.807) is 0 Å². The first-order chi connectivity index (χ1) is 10.3. The number of carbonyl (C=O) groups is 1. The Bertz CT molecular complexity index is 631. The van der Waals surface area contributed by atoms with E-state index in [-0.39, 0.29) is 5.91 Å². The van der Waals surface area contributed by atoms with Crippen LogP contribution in [0, 0.1) is 0 Å². The first-order valence-corrected chi connectivity index (χ1v) is 7.40. The van der Waals surface area contributed by atoms with Crippen molar-refractivity contribution in [2.75, 3.05) is 5.32 Å². The highest BCUT2D eigenvalue weighted by Gasteiger charge is 2.23. The van der Waals surface area contributed by atoms with Crippen molar-refractivity contribution in [2.24, 2.45) is 0 Å². The monoisotopic (exact) mass is 284 g/mol. The lowest BCUT2D eigenvalue weighted by atomic mass is 10.2. The highest BCUT2D eigenvalue weighted by Crippen LogP contribution is 2.20. The van der Waals surface area contributed by atoms with Crippen LogP contribution in [-0.4, -0.2) is 21.5 Å². The minimum Gasteiger partial charge on any atom is -0.379 e. The number of hydrogen-bond acceptors (Lipinski definition) is 3. The largest absolute Gasteiger partial charge is 0.379 e. The molecule has 1 aliphatic rings. The van der Waals surface area contributed by atoms with E-state index in [9.17, 15) is 4.79 Å². The maximum atomic E-state index is 12.0. The van der Waals surface area contributed by atoms with Crippen molar-refractivity contribution in [3.63, 3.8) is 0 Å². The summed E-state index contributed by atoms with van der Waals surface area (Å²) in [5, 5.41) is 6.35. The normalized spacial score (nSPS) is 14.0. The van der Waals surface area contributed by atoms with Crippen molar-refractivity contribution in [3.05, 3.63) is 48.0 Å². The maximum absolute atomic E-state index is 12.0. The molecule has 1 fully saturated rings. The van der Waals surface area contributed by atoms with Gasteiger partial charge in [0, 0.05) is 30.0 Å². The summed E-state index contributed by atoms with van der Waals surface area (Å²) < 4.78 is 2.09. The Morgan fingerprint density at radius 1 is 1.43 bits per heavy atom. The molecule has 1 amide bonds. The van der Waals surface area contributed by atoms with Crippen LogP contribution in [0.25, 0.3) is 0 Å². The quantitative estimate of drug-likeness (QED) is 0.856. The molecule has 5 heteroatoms. The van der Waals surface area contributed by atoms with Crippen LogP contribution in [-0.2, 0) is 13.1 Å². The third kappa shape index (κ3) is 3.42. The average Bonchev–Trinajstić information content (AvgIpc) is 3.20. The Labute approximate surface area is 124 Å². The summed E-state index contributed by atoms with van der Waals surface area (Å²) in [6.45, 7) is 3.69. The molecule has 1 heterocycles. The maximum Gasteiger partial charge on any atom is 0.251 e. The Morgan fingerprint density at radius 2 is 2.29 bits per heavy atom. The van der Waals surface area contributed by atoms with E-state index in [0.29, 0.717) is 18.2 Å². The van der Waals surface area contributed by atoms with Gasteiger partial charge < -0.3 is 15.2 Å². The number of benzene rings is 1. The number of nitrogens with one attached hydrogen (secondary N) is 2. The number of anilines is 1. The van der Waals surface area contributed by atoms with Gasteiger partial charge in [0.05, 0.1) is 18.6 Å². The Hall–Kier alpha value is -2.30. The van der Waals surface area contributed by atoms with E-state index in [4.69, 9.17) is 0 Å². The standard InChI is InChI=1S/C16H20N4O/c1-2-20-11-17-9-15(20)10-18-14-5-3-4-12(8-14)16(21)19-13-6-7-13/h3-5,8-9,11,13,18H,2,6-7,10H2,1H3,(H,19,21). The molecule has 2 N–H and O–H groups in total. The fourth-order valence-electron chi connectivity index (χ4n) is 2.24. The summed E-state index contributed by atoms with van der Waals surface area (Å²) in [7, 11) is 0. The predicted molar refractivity (Wildman–Crippen MR) is 82.2 cm³/mol. The molecular weight excluding hydrogens is 264 g/mol. The van der Waals surface area contributed by atoms with Gasteiger partial charge in [0.25, 0.3) is 5.91 Å². The lowest BCUT2D eigenvalue weighted by Crippen LogP contribution is -2.25. The van der Waals surface area contributed by atoms with Gasteiger partial charge in [-0.1, -0.05) is 6.07 Å². The molecule has 0 spiro atoms. The molecule has 2 aromatic rings. The highest BCUT2D eigenvalue weighted by atomic mass is 16.1. The lowest BCUT2D eigenvalue weighted by Gasteiger charge is -2.10. The van der Waals surface area contributed by atoms with Crippen LogP contribution in [0.15, 0.2) is 36.8 Å². The lowest BCUT2D eigenvalue weighted by molar-refractivity contribution is 0.0951. The second-order valence-electron chi connectivity index (χ2n) is 5.35. The van der Waals surface area contributed by atoms with Gasteiger partial charge in [0.15, 0.2) is 0 Å². The van der Waals surface area contributed by atoms with E-state index in [2.05, 4.69) is 27.1 Å². The summed E-state index contributed by atoms with van der Waals surface area (Å²) in [4.78, 5) is 16.2. The molecule has 110 valence electrons. The van der Waals surface area contributed by atoms with Crippen LogP contribution in [0.2, 0.25) is 0 Å². The van der Waals surface area contributed by atoms with E-state index >= 15 is 0 Å². The van der Waals surface area contributed by atoms with Crippen molar-refractivity contribution in [3.8, 4) is 0 Å². The third-order valence-corrected chi connectivity index (χ3v) is 3.65. The number of nitrogens with zero attached hydrogens (tertiary/aromatic N) is 2. The van der Waals surface area contributed by atoms with Gasteiger partial charge in [-0.25, -0.2) is 4.98 Å². The number of imidazole rings is 1. The topological polar surface area (TPSA) is 59.0 Å². The summed E-state index contributed by atoms with van der Waals surface area (Å²) in [5.74, 6) is 0.0137. The third-order valence-electron chi connectivity index (χ3n) is 3.65. The molecule has 1 aromatic carbocycles. The number of amides is 1. The number of hydrogen-bond donors (Lipinski definition) is 2. The summed E-state index contributed by atoms with van der Waals surface area (Å²) in [6, 6.07) is 8.00. The van der Waals surface area contributed by atoms with Crippen molar-refractivity contribution in [2.45, 2.75) is 38.9 Å². The van der Waals surface area contributed by atoms with Crippen molar-refractivity contribution in [1.29, 1.82) is 0 Å². The second-order valence-corrected chi connectivity index (χ2v) is 5.35. The molecule has 1 aromatic heterocycles. The fraction of sp³-hybridized carbons (Fsp3) is 0.375. The van der Waals surface area contributed by atoms with Gasteiger partial charge >= 0.3 is 0 Å². The molecule has 1 saturated carbocycles. The molecule has 5 nitrogen and oxygen atoms in total. The molecule has 0 aliphatic heterocycles. The van der Waals surface area contributed by atoms with Crippen LogP contribution in [0.1, 0.15) is 35.8 Å². The van der Waals surface area contributed by atoms with Gasteiger partial charge in [-0.3, -0.25) is 4.79 Å². The fourth-order valence-corrected chi connectivity index (χ4v) is 2.24. The van der Waals surface area contributed by atoms with Gasteiger partial charge in [0.1, 0.15) is 0 Å². The Kier molecular flexibility index (Phi) is 3.90. The minimum absolute atomic E-state index is 0.0137. The summed E-state index contributed by atoms with van der Waals surface area (Å²) >= 11 is 0. The number of rotatable bonds is 6. The molecular formula is C16H20N4O. The SMILES string of the molecule is CCn1cncc1CNc1cccc(C(=O)NC2CC2)c1. The number of aryl methyl sites for hydroxylation is 1. The highest BCUT2D eigenvalue weighted by molar-refractivity contribution is 5.95.